The van der Waals surface area contributed by atoms with Crippen molar-refractivity contribution in [2.75, 3.05) is 13.7 Å². The second-order valence-electron chi connectivity index (χ2n) is 5.11. The smallest absolute Gasteiger partial charge is 0.0576 e. The summed E-state index contributed by atoms with van der Waals surface area (Å²) in [6, 6.07) is 0.531. The van der Waals surface area contributed by atoms with Gasteiger partial charge in [0.05, 0.1) is 12.3 Å². The van der Waals surface area contributed by atoms with E-state index in [0.29, 0.717) is 12.1 Å². The topological polar surface area (TPSA) is 39.1 Å². The highest BCUT2D eigenvalue weighted by molar-refractivity contribution is 5.06. The predicted molar refractivity (Wildman–Crippen MR) is 72.7 cm³/mol. The van der Waals surface area contributed by atoms with Crippen LogP contribution in [0.3, 0.4) is 0 Å². The van der Waals surface area contributed by atoms with Crippen LogP contribution in [0.4, 0.5) is 0 Å². The molecule has 1 N–H and O–H groups in total. The highest BCUT2D eigenvalue weighted by atomic mass is 16.5. The maximum absolute atomic E-state index is 5.68. The third-order valence-electron chi connectivity index (χ3n) is 3.76. The molecule has 0 radical (unpaired) electrons. The van der Waals surface area contributed by atoms with Gasteiger partial charge < -0.3 is 10.1 Å². The van der Waals surface area contributed by atoms with E-state index >= 15 is 0 Å². The van der Waals surface area contributed by atoms with Crippen molar-refractivity contribution in [2.24, 2.45) is 0 Å². The molecule has 0 saturated carbocycles. The Morgan fingerprint density at radius 1 is 1.61 bits per heavy atom. The van der Waals surface area contributed by atoms with Crippen molar-refractivity contribution in [3.63, 3.8) is 0 Å². The molecule has 1 aliphatic heterocycles. The van der Waals surface area contributed by atoms with Crippen molar-refractivity contribution in [1.82, 2.24) is 15.1 Å². The van der Waals surface area contributed by atoms with Gasteiger partial charge in [-0.2, -0.15) is 5.10 Å². The molecule has 0 spiro atoms. The molecule has 4 nitrogen and oxygen atoms in total. The van der Waals surface area contributed by atoms with Crippen molar-refractivity contribution in [3.05, 3.63) is 18.0 Å². The molecule has 0 aromatic carbocycles. The fraction of sp³-hybridized carbons (Fsp3) is 0.786. The van der Waals surface area contributed by atoms with Crippen LogP contribution in [0.5, 0.6) is 0 Å². The predicted octanol–water partition coefficient (Wildman–Crippen LogP) is 1.99. The first-order valence-electron chi connectivity index (χ1n) is 7.12. The number of aromatic nitrogens is 2. The van der Waals surface area contributed by atoms with Crippen LogP contribution >= 0.6 is 0 Å². The summed E-state index contributed by atoms with van der Waals surface area (Å²) >= 11 is 0. The van der Waals surface area contributed by atoms with Crippen LogP contribution in [-0.4, -0.2) is 35.6 Å². The zero-order chi connectivity index (χ0) is 12.8. The number of likely N-dealkylation sites (N-methyl/N-ethyl adjacent to an activating group) is 1. The molecule has 1 fully saturated rings. The molecule has 1 aliphatic rings. The minimum absolute atomic E-state index is 0.499. The number of nitrogens with one attached hydrogen (secondary N) is 1. The van der Waals surface area contributed by atoms with Crippen LogP contribution in [-0.2, 0) is 17.7 Å². The first kappa shape index (κ1) is 13.6. The quantitative estimate of drug-likeness (QED) is 0.805. The molecule has 0 amide bonds. The van der Waals surface area contributed by atoms with Crippen molar-refractivity contribution >= 4 is 0 Å². The third kappa shape index (κ3) is 3.82. The second kappa shape index (κ2) is 6.90. The average Bonchev–Trinajstić information content (AvgIpc) is 3.05. The molecule has 4 heteroatoms. The molecule has 0 bridgehead atoms. The van der Waals surface area contributed by atoms with Gasteiger partial charge in [-0.15, -0.1) is 0 Å². The summed E-state index contributed by atoms with van der Waals surface area (Å²) in [4.78, 5) is 0. The van der Waals surface area contributed by atoms with Gasteiger partial charge in [-0.05, 0) is 51.6 Å². The van der Waals surface area contributed by atoms with E-state index in [1.54, 1.807) is 0 Å². The zero-order valence-corrected chi connectivity index (χ0v) is 11.6. The summed E-state index contributed by atoms with van der Waals surface area (Å²) in [5.41, 5.74) is 1.32. The van der Waals surface area contributed by atoms with Gasteiger partial charge in [-0.3, -0.25) is 4.68 Å². The van der Waals surface area contributed by atoms with Gasteiger partial charge in [0.1, 0.15) is 0 Å². The monoisotopic (exact) mass is 251 g/mol. The number of nitrogens with zero attached hydrogens (tertiary/aromatic N) is 2. The molecule has 0 aliphatic carbocycles. The maximum Gasteiger partial charge on any atom is 0.0576 e. The van der Waals surface area contributed by atoms with Gasteiger partial charge in [0.2, 0.25) is 0 Å². The van der Waals surface area contributed by atoms with E-state index in [1.165, 1.54) is 31.2 Å². The molecule has 2 heterocycles. The second-order valence-corrected chi connectivity index (χ2v) is 5.11. The molecule has 102 valence electrons. The Bertz CT molecular complexity index is 345. The summed E-state index contributed by atoms with van der Waals surface area (Å²) in [6.07, 6.45) is 10.5. The number of aryl methyl sites for hydroxylation is 1. The number of hydrogen-bond donors (Lipinski definition) is 1. The highest BCUT2D eigenvalue weighted by Gasteiger charge is 2.17. The van der Waals surface area contributed by atoms with E-state index < -0.39 is 0 Å². The molecule has 1 aromatic rings. The van der Waals surface area contributed by atoms with E-state index in [4.69, 9.17) is 4.74 Å². The van der Waals surface area contributed by atoms with E-state index in [9.17, 15) is 0 Å². The number of rotatable bonds is 7. The minimum atomic E-state index is 0.499. The summed E-state index contributed by atoms with van der Waals surface area (Å²) in [5, 5.41) is 7.73. The Balaban J connectivity index is 1.77. The molecule has 1 saturated heterocycles. The Hall–Kier alpha value is -0.870. The number of ether oxygens (including phenoxy) is 1. The fourth-order valence-electron chi connectivity index (χ4n) is 2.58. The fourth-order valence-corrected chi connectivity index (χ4v) is 2.58. The van der Waals surface area contributed by atoms with Gasteiger partial charge >= 0.3 is 0 Å². The van der Waals surface area contributed by atoms with Crippen LogP contribution in [0.15, 0.2) is 12.4 Å². The van der Waals surface area contributed by atoms with Crippen molar-refractivity contribution in [1.29, 1.82) is 0 Å². The largest absolute Gasteiger partial charge is 0.378 e. The maximum atomic E-state index is 5.68. The SMILES string of the molecule is CCn1cc(CC(CCC2CCCO2)NC)cn1. The lowest BCUT2D eigenvalue weighted by Crippen LogP contribution is -2.28. The highest BCUT2D eigenvalue weighted by Crippen LogP contribution is 2.18. The first-order valence-corrected chi connectivity index (χ1v) is 7.12. The summed E-state index contributed by atoms with van der Waals surface area (Å²) in [5.74, 6) is 0. The van der Waals surface area contributed by atoms with Gasteiger partial charge in [0.25, 0.3) is 0 Å². The molecular formula is C14H25N3O. The first-order chi connectivity index (χ1) is 8.81. The Kier molecular flexibility index (Phi) is 5.20. The lowest BCUT2D eigenvalue weighted by molar-refractivity contribution is 0.0998. The Morgan fingerprint density at radius 2 is 2.50 bits per heavy atom. The van der Waals surface area contributed by atoms with Gasteiger partial charge in [0, 0.05) is 25.4 Å². The van der Waals surface area contributed by atoms with E-state index in [0.717, 1.165) is 19.6 Å². The summed E-state index contributed by atoms with van der Waals surface area (Å²) in [6.45, 7) is 4.02. The molecule has 2 atom stereocenters. The number of hydrogen-bond acceptors (Lipinski definition) is 3. The molecular weight excluding hydrogens is 226 g/mol. The van der Waals surface area contributed by atoms with Crippen molar-refractivity contribution < 1.29 is 4.74 Å². The zero-order valence-electron chi connectivity index (χ0n) is 11.6. The van der Waals surface area contributed by atoms with Gasteiger partial charge in [-0.25, -0.2) is 0 Å². The summed E-state index contributed by atoms with van der Waals surface area (Å²) in [7, 11) is 2.05. The van der Waals surface area contributed by atoms with E-state index in [2.05, 4.69) is 23.5 Å². The molecule has 1 aromatic heterocycles. The standard InChI is InChI=1S/C14H25N3O/c1-3-17-11-12(10-16-17)9-13(15-2)6-7-14-5-4-8-18-14/h10-11,13-15H,3-9H2,1-2H3. The van der Waals surface area contributed by atoms with Crippen molar-refractivity contribution in [2.45, 2.75) is 57.7 Å². The lowest BCUT2D eigenvalue weighted by Gasteiger charge is -2.17. The Labute approximate surface area is 110 Å². The normalized spacial score (nSPS) is 21.3. The molecule has 2 rings (SSSR count). The van der Waals surface area contributed by atoms with Gasteiger partial charge in [-0.1, -0.05) is 0 Å². The summed E-state index contributed by atoms with van der Waals surface area (Å²) < 4.78 is 7.66. The Morgan fingerprint density at radius 3 is 3.11 bits per heavy atom. The molecule has 2 unspecified atom stereocenters. The van der Waals surface area contributed by atoms with E-state index in [1.807, 2.05) is 17.9 Å². The van der Waals surface area contributed by atoms with Crippen LogP contribution in [0, 0.1) is 0 Å². The van der Waals surface area contributed by atoms with Crippen molar-refractivity contribution in [3.8, 4) is 0 Å². The lowest BCUT2D eigenvalue weighted by atomic mass is 10.0. The van der Waals surface area contributed by atoms with Crippen LogP contribution in [0.25, 0.3) is 0 Å². The van der Waals surface area contributed by atoms with Crippen LogP contribution < -0.4 is 5.32 Å². The van der Waals surface area contributed by atoms with Crippen LogP contribution in [0.1, 0.15) is 38.2 Å². The third-order valence-corrected chi connectivity index (χ3v) is 3.76. The van der Waals surface area contributed by atoms with Gasteiger partial charge in [0.15, 0.2) is 0 Å². The minimum Gasteiger partial charge on any atom is -0.378 e. The van der Waals surface area contributed by atoms with Crippen LogP contribution in [0.2, 0.25) is 0 Å². The average molecular weight is 251 g/mol. The molecule has 18 heavy (non-hydrogen) atoms. The van der Waals surface area contributed by atoms with E-state index in [-0.39, 0.29) is 0 Å².